The van der Waals surface area contributed by atoms with E-state index in [1.165, 1.54) is 6.26 Å². The summed E-state index contributed by atoms with van der Waals surface area (Å²) >= 11 is 0. The Hall–Kier alpha value is -2.54. The number of alkyl halides is 3. The number of hydrogen-bond donors (Lipinski definition) is 2. The van der Waals surface area contributed by atoms with Crippen molar-refractivity contribution in [2.45, 2.75) is 70.1 Å². The van der Waals surface area contributed by atoms with Crippen molar-refractivity contribution in [2.75, 3.05) is 31.3 Å². The fourth-order valence-corrected chi connectivity index (χ4v) is 6.46. The van der Waals surface area contributed by atoms with Crippen LogP contribution in [0.25, 0.3) is 0 Å². The Labute approximate surface area is 215 Å². The predicted octanol–water partition coefficient (Wildman–Crippen LogP) is 2.42. The highest BCUT2D eigenvalue weighted by molar-refractivity contribution is 7.90. The summed E-state index contributed by atoms with van der Waals surface area (Å²) in [6.45, 7) is 4.49. The first-order valence-electron chi connectivity index (χ1n) is 12.2. The van der Waals surface area contributed by atoms with Gasteiger partial charge in [-0.25, -0.2) is 8.42 Å². The van der Waals surface area contributed by atoms with E-state index in [1.807, 2.05) is 7.05 Å². The van der Waals surface area contributed by atoms with Gasteiger partial charge in [-0.2, -0.15) is 0 Å². The minimum Gasteiger partial charge on any atom is -0.406 e. The van der Waals surface area contributed by atoms with Crippen molar-refractivity contribution >= 4 is 27.3 Å². The lowest BCUT2D eigenvalue weighted by Gasteiger charge is -2.44. The van der Waals surface area contributed by atoms with Gasteiger partial charge in [0.05, 0.1) is 11.3 Å². The van der Waals surface area contributed by atoms with Gasteiger partial charge in [-0.1, -0.05) is 0 Å². The van der Waals surface area contributed by atoms with Crippen LogP contribution in [0.5, 0.6) is 5.75 Å². The predicted molar refractivity (Wildman–Crippen MR) is 133 cm³/mol. The molecule has 1 aromatic carbocycles. The monoisotopic (exact) mass is 548 g/mol. The van der Waals surface area contributed by atoms with Crippen molar-refractivity contribution in [1.29, 1.82) is 0 Å². The molecule has 1 aliphatic heterocycles. The van der Waals surface area contributed by atoms with Gasteiger partial charge in [0.1, 0.15) is 21.6 Å². The number of sulfone groups is 1. The van der Waals surface area contributed by atoms with Gasteiger partial charge < -0.3 is 25.6 Å². The number of rotatable bonds is 8. The average molecular weight is 549 g/mol. The highest BCUT2D eigenvalue weighted by atomic mass is 32.2. The Morgan fingerprint density at radius 2 is 1.95 bits per heavy atom. The molecule has 0 radical (unpaired) electrons. The quantitative estimate of drug-likeness (QED) is 0.479. The third kappa shape index (κ3) is 7.50. The maximum absolute atomic E-state index is 13.3. The normalized spacial score (nSPS) is 25.1. The summed E-state index contributed by atoms with van der Waals surface area (Å²) in [5.41, 5.74) is 5.49. The van der Waals surface area contributed by atoms with Crippen LogP contribution >= 0.6 is 0 Å². The molecule has 13 heteroatoms. The van der Waals surface area contributed by atoms with E-state index in [1.54, 1.807) is 4.90 Å². The average Bonchev–Trinajstić information content (AvgIpc) is 3.12. The molecule has 37 heavy (non-hydrogen) atoms. The number of hydrogen-bond acceptors (Lipinski definition) is 7. The summed E-state index contributed by atoms with van der Waals surface area (Å²) in [7, 11) is -1.28. The second-order valence-electron chi connectivity index (χ2n) is 10.3. The number of ether oxygens (including phenoxy) is 1. The first-order chi connectivity index (χ1) is 17.1. The maximum Gasteiger partial charge on any atom is 0.573 e. The Balaban J connectivity index is 1.73. The molecule has 0 unspecified atom stereocenters. The number of carbonyl (C=O) groups excluding carboxylic acids is 2. The van der Waals surface area contributed by atoms with Crippen LogP contribution in [0.4, 0.5) is 18.9 Å². The molecule has 208 valence electrons. The number of nitrogens with two attached hydrogens (primary N) is 1. The van der Waals surface area contributed by atoms with E-state index in [0.29, 0.717) is 31.8 Å². The molecular weight excluding hydrogens is 513 g/mol. The standard InChI is InChI=1S/C24H35F3N4O5S/c1-14(2)30(3)16-5-8-21(15(11-16)13-37(4,34)35)31-10-9-20(23(31)33)29-22(32)18-12-17(6-7-19(18)28)36-24(25,26)27/h6-7,12,14-16,20-21H,5,8-11,13,28H2,1-4H3,(H,29,32)/t15-,16+,20-,21-/m0/s1. The molecule has 0 aromatic heterocycles. The van der Waals surface area contributed by atoms with Gasteiger partial charge in [-0.15, -0.1) is 13.2 Å². The summed E-state index contributed by atoms with van der Waals surface area (Å²) in [6.07, 6.45) is -1.37. The molecule has 1 saturated carbocycles. The summed E-state index contributed by atoms with van der Waals surface area (Å²) in [6, 6.07) is 2.32. The lowest BCUT2D eigenvalue weighted by atomic mass is 9.81. The van der Waals surface area contributed by atoms with Gasteiger partial charge in [0.2, 0.25) is 5.91 Å². The fourth-order valence-electron chi connectivity index (χ4n) is 5.32. The third-order valence-corrected chi connectivity index (χ3v) is 8.30. The van der Waals surface area contributed by atoms with Gasteiger partial charge >= 0.3 is 6.36 Å². The van der Waals surface area contributed by atoms with Crippen LogP contribution in [-0.2, 0) is 14.6 Å². The number of likely N-dealkylation sites (tertiary alicyclic amines) is 1. The van der Waals surface area contributed by atoms with Crippen molar-refractivity contribution in [3.8, 4) is 5.75 Å². The van der Waals surface area contributed by atoms with Crippen LogP contribution in [0.15, 0.2) is 18.2 Å². The van der Waals surface area contributed by atoms with Crippen molar-refractivity contribution < 1.29 is 35.9 Å². The van der Waals surface area contributed by atoms with Crippen LogP contribution in [-0.4, -0.2) is 86.2 Å². The van der Waals surface area contributed by atoms with E-state index >= 15 is 0 Å². The van der Waals surface area contributed by atoms with Gasteiger partial charge in [-0.3, -0.25) is 9.59 Å². The van der Waals surface area contributed by atoms with Gasteiger partial charge in [0, 0.05) is 36.6 Å². The van der Waals surface area contributed by atoms with Crippen molar-refractivity contribution in [2.24, 2.45) is 5.92 Å². The minimum atomic E-state index is -4.93. The highest BCUT2D eigenvalue weighted by Crippen LogP contribution is 2.35. The van der Waals surface area contributed by atoms with Gasteiger partial charge in [0.15, 0.2) is 0 Å². The molecule has 1 heterocycles. The molecule has 0 bridgehead atoms. The number of halogens is 3. The summed E-state index contributed by atoms with van der Waals surface area (Å²) in [4.78, 5) is 30.0. The molecule has 3 rings (SSSR count). The first kappa shape index (κ1) is 29.0. The molecule has 2 fully saturated rings. The number of benzene rings is 1. The topological polar surface area (TPSA) is 122 Å². The molecule has 0 spiro atoms. The molecule has 9 nitrogen and oxygen atoms in total. The zero-order valence-electron chi connectivity index (χ0n) is 21.4. The van der Waals surface area contributed by atoms with E-state index in [9.17, 15) is 31.2 Å². The molecule has 2 amide bonds. The molecule has 1 saturated heterocycles. The van der Waals surface area contributed by atoms with Gasteiger partial charge in [0.25, 0.3) is 5.91 Å². The lowest BCUT2D eigenvalue weighted by Crippen LogP contribution is -2.53. The first-order valence-corrected chi connectivity index (χ1v) is 14.3. The zero-order chi connectivity index (χ0) is 27.7. The Morgan fingerprint density at radius 3 is 2.54 bits per heavy atom. The van der Waals surface area contributed by atoms with E-state index in [4.69, 9.17) is 5.73 Å². The van der Waals surface area contributed by atoms with Crippen molar-refractivity contribution in [3.63, 3.8) is 0 Å². The van der Waals surface area contributed by atoms with Crippen LogP contribution in [0.3, 0.4) is 0 Å². The lowest BCUT2D eigenvalue weighted by molar-refractivity contribution is -0.274. The number of anilines is 1. The highest BCUT2D eigenvalue weighted by Gasteiger charge is 2.44. The van der Waals surface area contributed by atoms with Gasteiger partial charge in [-0.05, 0) is 70.7 Å². The SMILES string of the molecule is CC(C)N(C)[C@@H]1CC[C@H](N2CC[C@H](NC(=O)c3cc(OC(F)(F)F)ccc3N)C2=O)[C@H](CS(C)(=O)=O)C1. The molecular formula is C24H35F3N4O5S. The smallest absolute Gasteiger partial charge is 0.406 e. The molecule has 3 N–H and O–H groups in total. The second kappa shape index (κ2) is 11.1. The Kier molecular flexibility index (Phi) is 8.68. The zero-order valence-corrected chi connectivity index (χ0v) is 22.2. The summed E-state index contributed by atoms with van der Waals surface area (Å²) in [5, 5.41) is 2.58. The third-order valence-electron chi connectivity index (χ3n) is 7.27. The van der Waals surface area contributed by atoms with Crippen molar-refractivity contribution in [3.05, 3.63) is 23.8 Å². The molecule has 1 aliphatic carbocycles. The van der Waals surface area contributed by atoms with E-state index < -0.39 is 33.9 Å². The second-order valence-corrected chi connectivity index (χ2v) is 12.5. The largest absolute Gasteiger partial charge is 0.573 e. The number of carbonyl (C=O) groups is 2. The Bertz CT molecular complexity index is 1110. The van der Waals surface area contributed by atoms with E-state index in [0.717, 1.165) is 24.6 Å². The molecule has 2 aliphatic rings. The van der Waals surface area contributed by atoms with Crippen LogP contribution in [0.1, 0.15) is 49.9 Å². The fraction of sp³-hybridized carbons (Fsp3) is 0.667. The molecule has 1 aromatic rings. The minimum absolute atomic E-state index is 0.0383. The van der Waals surface area contributed by atoms with Crippen LogP contribution in [0.2, 0.25) is 0 Å². The number of nitrogens with zero attached hydrogens (tertiary/aromatic N) is 2. The van der Waals surface area contributed by atoms with E-state index in [2.05, 4.69) is 28.8 Å². The van der Waals surface area contributed by atoms with Crippen molar-refractivity contribution in [1.82, 2.24) is 15.1 Å². The number of nitrogens with one attached hydrogen (secondary N) is 1. The van der Waals surface area contributed by atoms with Crippen LogP contribution in [0, 0.1) is 5.92 Å². The summed E-state index contributed by atoms with van der Waals surface area (Å²) < 4.78 is 66.0. The maximum atomic E-state index is 13.3. The Morgan fingerprint density at radius 1 is 1.27 bits per heavy atom. The summed E-state index contributed by atoms with van der Waals surface area (Å²) in [5.74, 6) is -2.02. The number of nitrogen functional groups attached to an aromatic ring is 1. The molecule has 4 atom stereocenters. The number of amides is 2. The van der Waals surface area contributed by atoms with Crippen LogP contribution < -0.4 is 15.8 Å². The van der Waals surface area contributed by atoms with E-state index in [-0.39, 0.29) is 40.9 Å².